The molecule has 142 valence electrons. The predicted molar refractivity (Wildman–Crippen MR) is 103 cm³/mol. The van der Waals surface area contributed by atoms with Gasteiger partial charge in [-0.2, -0.15) is 10.2 Å². The molecule has 0 N–H and O–H groups in total. The summed E-state index contributed by atoms with van der Waals surface area (Å²) >= 11 is 0. The van der Waals surface area contributed by atoms with Gasteiger partial charge in [0.15, 0.2) is 0 Å². The zero-order valence-corrected chi connectivity index (χ0v) is 16.6. The van der Waals surface area contributed by atoms with Crippen LogP contribution >= 0.6 is 0 Å². The first-order chi connectivity index (χ1) is 12.9. The molecule has 1 atom stereocenters. The van der Waals surface area contributed by atoms with Crippen molar-refractivity contribution in [1.29, 1.82) is 0 Å². The topological polar surface area (TPSA) is 60.9 Å². The van der Waals surface area contributed by atoms with Crippen molar-refractivity contribution >= 4 is 5.91 Å². The maximum absolute atomic E-state index is 13.4. The zero-order chi connectivity index (χ0) is 19.3. The summed E-state index contributed by atoms with van der Waals surface area (Å²) in [6.45, 7) is 7.67. The monoisotopic (exact) mass is 366 g/mol. The first-order valence-electron chi connectivity index (χ1n) is 9.43. The molecule has 0 radical (unpaired) electrons. The molecule has 0 spiro atoms. The lowest BCUT2D eigenvalue weighted by atomic mass is 10.1. The lowest BCUT2D eigenvalue weighted by Gasteiger charge is -2.36. The van der Waals surface area contributed by atoms with Crippen molar-refractivity contribution in [3.05, 3.63) is 47.2 Å². The molecule has 0 fully saturated rings. The van der Waals surface area contributed by atoms with Crippen LogP contribution < -0.4 is 0 Å². The number of fused-ring (bicyclic) bond motifs is 1. The number of hydrogen-bond acceptors (Lipinski definition) is 3. The molecule has 4 heterocycles. The molecule has 0 aromatic carbocycles. The van der Waals surface area contributed by atoms with E-state index in [1.807, 2.05) is 43.6 Å². The minimum absolute atomic E-state index is 0.0368. The minimum Gasteiger partial charge on any atom is -0.348 e. The van der Waals surface area contributed by atoms with E-state index in [2.05, 4.69) is 40.0 Å². The predicted octanol–water partition coefficient (Wildman–Crippen LogP) is 2.85. The van der Waals surface area contributed by atoms with Crippen LogP contribution in [0, 0.1) is 13.8 Å². The molecule has 1 aliphatic rings. The van der Waals surface area contributed by atoms with Crippen LogP contribution in [-0.2, 0) is 20.6 Å². The van der Waals surface area contributed by atoms with Crippen LogP contribution in [0.25, 0.3) is 11.3 Å². The number of carbonyl (C=O) groups is 1. The van der Waals surface area contributed by atoms with Crippen molar-refractivity contribution in [1.82, 2.24) is 29.0 Å². The molecule has 1 aliphatic heterocycles. The number of aromatic nitrogens is 5. The van der Waals surface area contributed by atoms with Crippen LogP contribution in [0.1, 0.15) is 47.0 Å². The van der Waals surface area contributed by atoms with E-state index in [-0.39, 0.29) is 11.9 Å². The Bertz CT molecular complexity index is 1010. The van der Waals surface area contributed by atoms with E-state index in [1.54, 1.807) is 4.68 Å². The Morgan fingerprint density at radius 2 is 1.96 bits per heavy atom. The fraction of sp³-hybridized carbons (Fsp3) is 0.450. The second-order valence-electron chi connectivity index (χ2n) is 7.26. The van der Waals surface area contributed by atoms with E-state index in [4.69, 9.17) is 0 Å². The average Bonchev–Trinajstić information content (AvgIpc) is 3.32. The minimum atomic E-state index is 0.0368. The SMILES string of the molecule is CC[C@@H]1c2cccn2CCN1C(=O)c1cc(-c2c(C)nn(C)c2C)nn1C. The molecule has 0 bridgehead atoms. The summed E-state index contributed by atoms with van der Waals surface area (Å²) in [5.41, 5.74) is 5.61. The highest BCUT2D eigenvalue weighted by molar-refractivity contribution is 5.94. The Morgan fingerprint density at radius 3 is 2.63 bits per heavy atom. The molecule has 7 nitrogen and oxygen atoms in total. The van der Waals surface area contributed by atoms with Crippen LogP contribution in [0.5, 0.6) is 0 Å². The number of hydrogen-bond donors (Lipinski definition) is 0. The molecule has 0 saturated heterocycles. The van der Waals surface area contributed by atoms with Crippen molar-refractivity contribution in [2.45, 2.75) is 39.8 Å². The number of aryl methyl sites for hydroxylation is 3. The van der Waals surface area contributed by atoms with E-state index >= 15 is 0 Å². The van der Waals surface area contributed by atoms with E-state index < -0.39 is 0 Å². The molecular formula is C20H26N6O. The molecule has 0 aliphatic carbocycles. The zero-order valence-electron chi connectivity index (χ0n) is 16.6. The largest absolute Gasteiger partial charge is 0.348 e. The molecule has 3 aromatic heterocycles. The summed E-state index contributed by atoms with van der Waals surface area (Å²) in [5, 5.41) is 9.10. The molecule has 0 saturated carbocycles. The molecular weight excluding hydrogens is 340 g/mol. The van der Waals surface area contributed by atoms with Crippen molar-refractivity contribution in [2.24, 2.45) is 14.1 Å². The van der Waals surface area contributed by atoms with Crippen molar-refractivity contribution < 1.29 is 4.79 Å². The van der Waals surface area contributed by atoms with Gasteiger partial charge in [-0.1, -0.05) is 6.92 Å². The summed E-state index contributed by atoms with van der Waals surface area (Å²) in [6.07, 6.45) is 2.98. The Balaban J connectivity index is 1.70. The Hall–Kier alpha value is -2.83. The second kappa shape index (κ2) is 6.40. The average molecular weight is 366 g/mol. The number of carbonyl (C=O) groups excluding carboxylic acids is 1. The Labute approximate surface area is 159 Å². The van der Waals surface area contributed by atoms with E-state index in [0.717, 1.165) is 35.6 Å². The van der Waals surface area contributed by atoms with Gasteiger partial charge in [0.05, 0.1) is 17.4 Å². The van der Waals surface area contributed by atoms with Gasteiger partial charge in [-0.05, 0) is 38.5 Å². The van der Waals surface area contributed by atoms with Crippen molar-refractivity contribution in [2.75, 3.05) is 6.54 Å². The highest BCUT2D eigenvalue weighted by atomic mass is 16.2. The summed E-state index contributed by atoms with van der Waals surface area (Å²) < 4.78 is 5.80. The van der Waals surface area contributed by atoms with Gasteiger partial charge in [-0.15, -0.1) is 0 Å². The van der Waals surface area contributed by atoms with E-state index in [1.165, 1.54) is 5.69 Å². The lowest BCUT2D eigenvalue weighted by molar-refractivity contribution is 0.0606. The summed E-state index contributed by atoms with van der Waals surface area (Å²) in [4.78, 5) is 15.4. The first kappa shape index (κ1) is 17.6. The van der Waals surface area contributed by atoms with Gasteiger partial charge < -0.3 is 9.47 Å². The van der Waals surface area contributed by atoms with Gasteiger partial charge in [-0.25, -0.2) is 0 Å². The molecule has 1 amide bonds. The Kier molecular flexibility index (Phi) is 4.17. The molecule has 0 unspecified atom stereocenters. The quantitative estimate of drug-likeness (QED) is 0.716. The second-order valence-corrected chi connectivity index (χ2v) is 7.26. The summed E-state index contributed by atoms with van der Waals surface area (Å²) in [5.74, 6) is 0.0368. The maximum Gasteiger partial charge on any atom is 0.272 e. The summed E-state index contributed by atoms with van der Waals surface area (Å²) in [6, 6.07) is 6.17. The van der Waals surface area contributed by atoms with E-state index in [9.17, 15) is 4.79 Å². The normalized spacial score (nSPS) is 16.6. The Morgan fingerprint density at radius 1 is 1.19 bits per heavy atom. The van der Waals surface area contributed by atoms with Gasteiger partial charge in [-0.3, -0.25) is 14.2 Å². The number of amides is 1. The standard InChI is InChI=1S/C20H26N6O/c1-6-16-17-8-7-9-25(17)10-11-26(16)20(27)18-12-15(22-24(18)5)19-13(2)21-23(4)14(19)3/h7-9,12,16H,6,10-11H2,1-5H3/t16-/m1/s1. The van der Waals surface area contributed by atoms with Crippen LogP contribution in [0.3, 0.4) is 0 Å². The fourth-order valence-corrected chi connectivity index (χ4v) is 4.22. The van der Waals surface area contributed by atoms with Crippen LogP contribution in [0.4, 0.5) is 0 Å². The van der Waals surface area contributed by atoms with Gasteiger partial charge in [0, 0.05) is 50.3 Å². The van der Waals surface area contributed by atoms with Gasteiger partial charge in [0.25, 0.3) is 5.91 Å². The van der Waals surface area contributed by atoms with Crippen LogP contribution in [-0.4, -0.2) is 41.5 Å². The summed E-state index contributed by atoms with van der Waals surface area (Å²) in [7, 11) is 3.76. The fourth-order valence-electron chi connectivity index (χ4n) is 4.22. The molecule has 3 aromatic rings. The lowest BCUT2D eigenvalue weighted by Crippen LogP contribution is -2.42. The molecule has 7 heteroatoms. The van der Waals surface area contributed by atoms with Crippen LogP contribution in [0.2, 0.25) is 0 Å². The van der Waals surface area contributed by atoms with Gasteiger partial charge >= 0.3 is 0 Å². The van der Waals surface area contributed by atoms with Gasteiger partial charge in [0.2, 0.25) is 0 Å². The van der Waals surface area contributed by atoms with Crippen LogP contribution in [0.15, 0.2) is 24.4 Å². The third-order valence-corrected chi connectivity index (χ3v) is 5.68. The number of rotatable bonds is 3. The third-order valence-electron chi connectivity index (χ3n) is 5.68. The van der Waals surface area contributed by atoms with E-state index in [0.29, 0.717) is 12.2 Å². The molecule has 4 rings (SSSR count). The smallest absolute Gasteiger partial charge is 0.272 e. The molecule has 27 heavy (non-hydrogen) atoms. The number of nitrogens with zero attached hydrogens (tertiary/aromatic N) is 6. The third kappa shape index (κ3) is 2.69. The van der Waals surface area contributed by atoms with Crippen molar-refractivity contribution in [3.8, 4) is 11.3 Å². The first-order valence-corrected chi connectivity index (χ1v) is 9.43. The highest BCUT2D eigenvalue weighted by Gasteiger charge is 2.32. The van der Waals surface area contributed by atoms with Gasteiger partial charge in [0.1, 0.15) is 5.69 Å². The maximum atomic E-state index is 13.4. The van der Waals surface area contributed by atoms with Crippen molar-refractivity contribution in [3.63, 3.8) is 0 Å². The highest BCUT2D eigenvalue weighted by Crippen LogP contribution is 2.31.